The molecule has 0 radical (unpaired) electrons. The van der Waals surface area contributed by atoms with Gasteiger partial charge in [0.1, 0.15) is 0 Å². The van der Waals surface area contributed by atoms with E-state index in [1.54, 1.807) is 19.1 Å². The van der Waals surface area contributed by atoms with Gasteiger partial charge >= 0.3 is 5.97 Å². The third-order valence-electron chi connectivity index (χ3n) is 5.29. The van der Waals surface area contributed by atoms with E-state index in [-0.39, 0.29) is 42.0 Å². The molecule has 30 heavy (non-hydrogen) atoms. The van der Waals surface area contributed by atoms with Gasteiger partial charge in [-0.2, -0.15) is 0 Å². The molecule has 0 amide bonds. The molecule has 9 heteroatoms. The number of ether oxygens (including phenoxy) is 1. The molecule has 1 aliphatic heterocycles. The summed E-state index contributed by atoms with van der Waals surface area (Å²) in [6.45, 7) is 5.11. The Hall–Kier alpha value is -2.26. The van der Waals surface area contributed by atoms with Gasteiger partial charge < -0.3 is 9.30 Å². The maximum absolute atomic E-state index is 12.6. The van der Waals surface area contributed by atoms with Gasteiger partial charge in [0.05, 0.1) is 22.8 Å². The summed E-state index contributed by atoms with van der Waals surface area (Å²) in [6, 6.07) is 5.12. The molecule has 0 N–H and O–H groups in total. The maximum Gasteiger partial charge on any atom is 0.306 e. The van der Waals surface area contributed by atoms with E-state index >= 15 is 0 Å². The lowest BCUT2D eigenvalue weighted by atomic mass is 10.1. The Morgan fingerprint density at radius 2 is 1.87 bits per heavy atom. The monoisotopic (exact) mass is 451 g/mol. The minimum atomic E-state index is -3.04. The predicted octanol–water partition coefficient (Wildman–Crippen LogP) is 3.22. The lowest BCUT2D eigenvalue weighted by Gasteiger charge is -2.16. The molecule has 0 aromatic carbocycles. The SMILES string of the molecule is Cc1ccc(C(=O)CCC(=O)OCC(=O)c2cc(C)n(C3CCS(=O)(=O)C3)c2C)s1. The van der Waals surface area contributed by atoms with Crippen molar-refractivity contribution in [3.63, 3.8) is 0 Å². The van der Waals surface area contributed by atoms with E-state index in [9.17, 15) is 22.8 Å². The van der Waals surface area contributed by atoms with Crippen LogP contribution in [0, 0.1) is 20.8 Å². The molecule has 1 saturated heterocycles. The quantitative estimate of drug-likeness (QED) is 0.451. The Morgan fingerprint density at radius 1 is 1.13 bits per heavy atom. The van der Waals surface area contributed by atoms with E-state index in [2.05, 4.69) is 0 Å². The van der Waals surface area contributed by atoms with Crippen molar-refractivity contribution in [1.82, 2.24) is 4.57 Å². The fourth-order valence-electron chi connectivity index (χ4n) is 3.82. The second-order valence-corrected chi connectivity index (χ2v) is 11.1. The largest absolute Gasteiger partial charge is 0.457 e. The van der Waals surface area contributed by atoms with Crippen LogP contribution in [0.1, 0.15) is 61.6 Å². The summed E-state index contributed by atoms with van der Waals surface area (Å²) in [5.41, 5.74) is 1.91. The maximum atomic E-state index is 12.6. The van der Waals surface area contributed by atoms with Crippen LogP contribution in [0.25, 0.3) is 0 Å². The van der Waals surface area contributed by atoms with Crippen molar-refractivity contribution >= 4 is 38.7 Å². The van der Waals surface area contributed by atoms with Crippen LogP contribution < -0.4 is 0 Å². The normalized spacial score (nSPS) is 17.8. The van der Waals surface area contributed by atoms with Gasteiger partial charge in [0, 0.05) is 34.3 Å². The van der Waals surface area contributed by atoms with Gasteiger partial charge in [-0.05, 0) is 45.4 Å². The summed E-state index contributed by atoms with van der Waals surface area (Å²) in [4.78, 5) is 38.2. The second kappa shape index (κ2) is 8.85. The highest BCUT2D eigenvalue weighted by molar-refractivity contribution is 7.91. The van der Waals surface area contributed by atoms with Crippen LogP contribution in [0.2, 0.25) is 0 Å². The van der Waals surface area contributed by atoms with Crippen molar-refractivity contribution < 1.29 is 27.5 Å². The lowest BCUT2D eigenvalue weighted by molar-refractivity contribution is -0.142. The first-order chi connectivity index (χ1) is 14.1. The van der Waals surface area contributed by atoms with E-state index in [1.165, 1.54) is 11.3 Å². The van der Waals surface area contributed by atoms with Crippen LogP contribution in [0.3, 0.4) is 0 Å². The van der Waals surface area contributed by atoms with Crippen LogP contribution in [0.15, 0.2) is 18.2 Å². The zero-order valence-electron chi connectivity index (χ0n) is 17.3. The van der Waals surface area contributed by atoms with Crippen LogP contribution in [-0.2, 0) is 19.4 Å². The third-order valence-corrected chi connectivity index (χ3v) is 8.09. The van der Waals surface area contributed by atoms with E-state index in [1.807, 2.05) is 24.5 Å². The Bertz CT molecular complexity index is 1090. The first-order valence-electron chi connectivity index (χ1n) is 9.74. The molecule has 2 aromatic rings. The molecule has 3 rings (SSSR count). The molecule has 1 unspecified atom stereocenters. The number of nitrogens with zero attached hydrogens (tertiary/aromatic N) is 1. The first-order valence-corrected chi connectivity index (χ1v) is 12.4. The van der Waals surface area contributed by atoms with Crippen LogP contribution in [0.4, 0.5) is 0 Å². The summed E-state index contributed by atoms with van der Waals surface area (Å²) >= 11 is 1.38. The fraction of sp³-hybridized carbons (Fsp3) is 0.476. The molecule has 7 nitrogen and oxygen atoms in total. The summed E-state index contributed by atoms with van der Waals surface area (Å²) in [5, 5.41) is 0. The number of rotatable bonds is 8. The average molecular weight is 452 g/mol. The fourth-order valence-corrected chi connectivity index (χ4v) is 6.35. The average Bonchev–Trinajstić information content (AvgIpc) is 3.34. The highest BCUT2D eigenvalue weighted by Gasteiger charge is 2.31. The number of carbonyl (C=O) groups excluding carboxylic acids is 3. The molecule has 1 aliphatic rings. The molecular formula is C21H25NO6S2. The first kappa shape index (κ1) is 22.4. The van der Waals surface area contributed by atoms with Gasteiger partial charge in [-0.1, -0.05) is 0 Å². The Balaban J connectivity index is 1.55. The number of ketones is 2. The van der Waals surface area contributed by atoms with Crippen LogP contribution >= 0.6 is 11.3 Å². The number of hydrogen-bond acceptors (Lipinski definition) is 7. The number of Topliss-reactive ketones (excluding diaryl/α,β-unsaturated/α-hetero) is 2. The number of aryl methyl sites for hydroxylation is 2. The van der Waals surface area contributed by atoms with E-state index in [4.69, 9.17) is 4.74 Å². The molecule has 0 saturated carbocycles. The number of esters is 1. The van der Waals surface area contributed by atoms with Gasteiger partial charge in [0.15, 0.2) is 22.2 Å². The third kappa shape index (κ3) is 5.07. The van der Waals surface area contributed by atoms with Gasteiger partial charge in [-0.3, -0.25) is 14.4 Å². The van der Waals surface area contributed by atoms with Crippen LogP contribution in [-0.4, -0.2) is 48.6 Å². The standard InChI is InChI=1S/C21H25NO6S2/c1-13-10-17(15(3)22(13)16-8-9-30(26,27)12-16)19(24)11-28-21(25)7-5-18(23)20-6-4-14(2)29-20/h4,6,10,16H,5,7-9,11-12H2,1-3H3. The molecule has 1 atom stereocenters. The van der Waals surface area contributed by atoms with Crippen molar-refractivity contribution in [3.05, 3.63) is 44.9 Å². The van der Waals surface area contributed by atoms with Crippen molar-refractivity contribution in [2.75, 3.05) is 18.1 Å². The molecule has 0 aliphatic carbocycles. The molecule has 0 bridgehead atoms. The van der Waals surface area contributed by atoms with Crippen molar-refractivity contribution in [1.29, 1.82) is 0 Å². The van der Waals surface area contributed by atoms with Crippen molar-refractivity contribution in [3.8, 4) is 0 Å². The number of thiophene rings is 1. The zero-order valence-corrected chi connectivity index (χ0v) is 18.9. The topological polar surface area (TPSA) is 99.5 Å². The van der Waals surface area contributed by atoms with Gasteiger partial charge in [-0.15, -0.1) is 11.3 Å². The van der Waals surface area contributed by atoms with Crippen molar-refractivity contribution in [2.24, 2.45) is 0 Å². The van der Waals surface area contributed by atoms with Crippen molar-refractivity contribution in [2.45, 2.75) is 46.1 Å². The summed E-state index contributed by atoms with van der Waals surface area (Å²) in [7, 11) is -3.04. The summed E-state index contributed by atoms with van der Waals surface area (Å²) < 4.78 is 30.6. The van der Waals surface area contributed by atoms with E-state index < -0.39 is 22.4 Å². The van der Waals surface area contributed by atoms with Gasteiger partial charge in [0.2, 0.25) is 5.78 Å². The molecule has 1 fully saturated rings. The molecule has 2 aromatic heterocycles. The predicted molar refractivity (Wildman–Crippen MR) is 114 cm³/mol. The highest BCUT2D eigenvalue weighted by atomic mass is 32.2. The molecule has 162 valence electrons. The highest BCUT2D eigenvalue weighted by Crippen LogP contribution is 2.29. The molecule has 3 heterocycles. The molecule has 0 spiro atoms. The lowest BCUT2D eigenvalue weighted by Crippen LogP contribution is -2.17. The summed E-state index contributed by atoms with van der Waals surface area (Å²) in [6.07, 6.45) is 0.485. The minimum Gasteiger partial charge on any atom is -0.457 e. The Kier molecular flexibility index (Phi) is 6.62. The van der Waals surface area contributed by atoms with E-state index in [0.717, 1.165) is 10.6 Å². The minimum absolute atomic E-state index is 0.0393. The number of hydrogen-bond donors (Lipinski definition) is 0. The second-order valence-electron chi connectivity index (χ2n) is 7.63. The number of carbonyl (C=O) groups is 3. The van der Waals surface area contributed by atoms with E-state index in [0.29, 0.717) is 22.6 Å². The summed E-state index contributed by atoms with van der Waals surface area (Å²) in [5.74, 6) is -0.834. The smallest absolute Gasteiger partial charge is 0.306 e. The van der Waals surface area contributed by atoms with Gasteiger partial charge in [-0.25, -0.2) is 8.42 Å². The zero-order chi connectivity index (χ0) is 22.1. The van der Waals surface area contributed by atoms with Gasteiger partial charge in [0.25, 0.3) is 0 Å². The molecular weight excluding hydrogens is 426 g/mol. The Morgan fingerprint density at radius 3 is 2.47 bits per heavy atom. The Labute approximate surface area is 180 Å². The van der Waals surface area contributed by atoms with Crippen LogP contribution in [0.5, 0.6) is 0 Å². The number of sulfone groups is 1. The number of aromatic nitrogens is 1.